The predicted molar refractivity (Wildman–Crippen MR) is 61.7 cm³/mol. The first-order valence-electron chi connectivity index (χ1n) is 5.33. The molecule has 0 aliphatic rings. The number of phenols is 1. The summed E-state index contributed by atoms with van der Waals surface area (Å²) >= 11 is 0. The molecule has 0 saturated carbocycles. The summed E-state index contributed by atoms with van der Waals surface area (Å²) in [6.07, 6.45) is 0. The summed E-state index contributed by atoms with van der Waals surface area (Å²) in [5, 5.41) is 11.7. The van der Waals surface area contributed by atoms with E-state index in [1.165, 1.54) is 6.07 Å². The van der Waals surface area contributed by atoms with E-state index in [0.717, 1.165) is 24.3 Å². The average Bonchev–Trinajstić information content (AvgIpc) is 2.34. The van der Waals surface area contributed by atoms with E-state index in [9.17, 15) is 22.7 Å². The van der Waals surface area contributed by atoms with E-state index < -0.39 is 23.3 Å². The summed E-state index contributed by atoms with van der Waals surface area (Å²) in [6.45, 7) is -0.0483. The summed E-state index contributed by atoms with van der Waals surface area (Å²) < 4.78 is 52.0. The standard InChI is InChI=1S/C13H9F4NO/c14-8-3-7(4-9(19)5-8)6-18-11-2-1-10(15)12(16)13(11)17/h1-5,18-19H,6H2. The Morgan fingerprint density at radius 3 is 2.37 bits per heavy atom. The molecule has 0 bridgehead atoms. The number of phenolic OH excluding ortho intramolecular Hbond substituents is 1. The van der Waals surface area contributed by atoms with E-state index in [0.29, 0.717) is 5.56 Å². The van der Waals surface area contributed by atoms with Crippen molar-refractivity contribution in [1.29, 1.82) is 0 Å². The number of anilines is 1. The molecule has 2 N–H and O–H groups in total. The van der Waals surface area contributed by atoms with Crippen LogP contribution >= 0.6 is 0 Å². The molecule has 2 nitrogen and oxygen atoms in total. The third-order valence-electron chi connectivity index (χ3n) is 2.46. The molecule has 0 radical (unpaired) electrons. The number of aromatic hydroxyl groups is 1. The van der Waals surface area contributed by atoms with Crippen LogP contribution in [-0.4, -0.2) is 5.11 Å². The number of halogens is 4. The van der Waals surface area contributed by atoms with Gasteiger partial charge in [-0.2, -0.15) is 0 Å². The van der Waals surface area contributed by atoms with Crippen LogP contribution in [0.3, 0.4) is 0 Å². The second-order valence-corrected chi connectivity index (χ2v) is 3.89. The van der Waals surface area contributed by atoms with Crippen molar-refractivity contribution in [3.05, 3.63) is 59.2 Å². The highest BCUT2D eigenvalue weighted by Crippen LogP contribution is 2.21. The van der Waals surface area contributed by atoms with Gasteiger partial charge in [0.15, 0.2) is 17.5 Å². The van der Waals surface area contributed by atoms with Crippen molar-refractivity contribution in [2.24, 2.45) is 0 Å². The highest BCUT2D eigenvalue weighted by atomic mass is 19.2. The minimum atomic E-state index is -1.58. The zero-order valence-electron chi connectivity index (χ0n) is 9.55. The van der Waals surface area contributed by atoms with Crippen LogP contribution < -0.4 is 5.32 Å². The van der Waals surface area contributed by atoms with Crippen LogP contribution in [0.1, 0.15) is 5.56 Å². The zero-order valence-corrected chi connectivity index (χ0v) is 9.55. The Kier molecular flexibility index (Phi) is 3.59. The summed E-state index contributed by atoms with van der Waals surface area (Å²) in [7, 11) is 0. The van der Waals surface area contributed by atoms with Crippen molar-refractivity contribution < 1.29 is 22.7 Å². The molecule has 100 valence electrons. The molecule has 0 fully saturated rings. The lowest BCUT2D eigenvalue weighted by molar-refractivity contribution is 0.449. The molecule has 0 spiro atoms. The second kappa shape index (κ2) is 5.17. The third-order valence-corrected chi connectivity index (χ3v) is 2.46. The quantitative estimate of drug-likeness (QED) is 0.661. The molecule has 6 heteroatoms. The molecule has 0 heterocycles. The molecule has 2 aromatic carbocycles. The van der Waals surface area contributed by atoms with Gasteiger partial charge in [0.2, 0.25) is 0 Å². The predicted octanol–water partition coefficient (Wildman–Crippen LogP) is 3.56. The molecular formula is C13H9F4NO. The van der Waals surface area contributed by atoms with Crippen LogP contribution in [0.5, 0.6) is 5.75 Å². The van der Waals surface area contributed by atoms with E-state index in [2.05, 4.69) is 5.32 Å². The van der Waals surface area contributed by atoms with Crippen molar-refractivity contribution in [2.45, 2.75) is 6.54 Å². The molecule has 0 aromatic heterocycles. The molecule has 0 amide bonds. The summed E-state index contributed by atoms with van der Waals surface area (Å²) in [5.74, 6) is -5.13. The highest BCUT2D eigenvalue weighted by Gasteiger charge is 2.13. The molecule has 2 rings (SSSR count). The van der Waals surface area contributed by atoms with Crippen LogP contribution in [0, 0.1) is 23.3 Å². The summed E-state index contributed by atoms with van der Waals surface area (Å²) in [6, 6.07) is 5.14. The molecular weight excluding hydrogens is 262 g/mol. The summed E-state index contributed by atoms with van der Waals surface area (Å²) in [4.78, 5) is 0. The lowest BCUT2D eigenvalue weighted by Gasteiger charge is -2.09. The normalized spacial score (nSPS) is 10.5. The monoisotopic (exact) mass is 271 g/mol. The van der Waals surface area contributed by atoms with Crippen molar-refractivity contribution in [1.82, 2.24) is 0 Å². The fourth-order valence-corrected chi connectivity index (χ4v) is 1.60. The zero-order chi connectivity index (χ0) is 14.0. The van der Waals surface area contributed by atoms with Gasteiger partial charge >= 0.3 is 0 Å². The van der Waals surface area contributed by atoms with Gasteiger partial charge in [-0.25, -0.2) is 17.6 Å². The second-order valence-electron chi connectivity index (χ2n) is 3.89. The Morgan fingerprint density at radius 2 is 1.68 bits per heavy atom. The maximum Gasteiger partial charge on any atom is 0.196 e. The lowest BCUT2D eigenvalue weighted by Crippen LogP contribution is -2.04. The molecule has 2 aromatic rings. The van der Waals surface area contributed by atoms with Crippen LogP contribution in [0.15, 0.2) is 30.3 Å². The minimum absolute atomic E-state index is 0.0483. The van der Waals surface area contributed by atoms with E-state index in [4.69, 9.17) is 0 Å². The number of nitrogens with one attached hydrogen (secondary N) is 1. The molecule has 0 saturated heterocycles. The van der Waals surface area contributed by atoms with Gasteiger partial charge in [-0.15, -0.1) is 0 Å². The van der Waals surface area contributed by atoms with Crippen molar-refractivity contribution in [3.8, 4) is 5.75 Å². The molecule has 0 atom stereocenters. The van der Waals surface area contributed by atoms with Crippen LogP contribution in [0.25, 0.3) is 0 Å². The number of hydrogen-bond donors (Lipinski definition) is 2. The molecule has 0 aliphatic carbocycles. The van der Waals surface area contributed by atoms with Gasteiger partial charge in [0.25, 0.3) is 0 Å². The van der Waals surface area contributed by atoms with Crippen LogP contribution in [0.2, 0.25) is 0 Å². The maximum atomic E-state index is 13.3. The van der Waals surface area contributed by atoms with Gasteiger partial charge in [0, 0.05) is 12.6 Å². The van der Waals surface area contributed by atoms with E-state index in [1.54, 1.807) is 0 Å². The summed E-state index contributed by atoms with van der Waals surface area (Å²) in [5.41, 5.74) is 0.0873. The number of benzene rings is 2. The third kappa shape index (κ3) is 2.96. The van der Waals surface area contributed by atoms with E-state index >= 15 is 0 Å². The van der Waals surface area contributed by atoms with Gasteiger partial charge in [-0.3, -0.25) is 0 Å². The first-order chi connectivity index (χ1) is 8.97. The van der Waals surface area contributed by atoms with Gasteiger partial charge in [-0.1, -0.05) is 0 Å². The Morgan fingerprint density at radius 1 is 0.947 bits per heavy atom. The van der Waals surface area contributed by atoms with Gasteiger partial charge in [0.1, 0.15) is 11.6 Å². The topological polar surface area (TPSA) is 32.3 Å². The Labute approximate surface area is 106 Å². The first kappa shape index (κ1) is 13.2. The first-order valence-corrected chi connectivity index (χ1v) is 5.33. The molecule has 0 unspecified atom stereocenters. The fraction of sp³-hybridized carbons (Fsp3) is 0.0769. The van der Waals surface area contributed by atoms with E-state index in [1.807, 2.05) is 0 Å². The average molecular weight is 271 g/mol. The Hall–Kier alpha value is -2.24. The SMILES string of the molecule is Oc1cc(F)cc(CNc2ccc(F)c(F)c2F)c1. The molecule has 0 aliphatic heterocycles. The van der Waals surface area contributed by atoms with Crippen LogP contribution in [0.4, 0.5) is 23.2 Å². The fourth-order valence-electron chi connectivity index (χ4n) is 1.60. The minimum Gasteiger partial charge on any atom is -0.508 e. The Balaban J connectivity index is 2.17. The van der Waals surface area contributed by atoms with Crippen LogP contribution in [-0.2, 0) is 6.54 Å². The Bertz CT molecular complexity index is 596. The van der Waals surface area contributed by atoms with Gasteiger partial charge < -0.3 is 10.4 Å². The van der Waals surface area contributed by atoms with Crippen molar-refractivity contribution in [2.75, 3.05) is 5.32 Å². The lowest BCUT2D eigenvalue weighted by atomic mass is 10.2. The van der Waals surface area contributed by atoms with Gasteiger partial charge in [-0.05, 0) is 29.8 Å². The molecule has 19 heavy (non-hydrogen) atoms. The largest absolute Gasteiger partial charge is 0.508 e. The highest BCUT2D eigenvalue weighted by molar-refractivity contribution is 5.46. The number of rotatable bonds is 3. The van der Waals surface area contributed by atoms with Gasteiger partial charge in [0.05, 0.1) is 5.69 Å². The van der Waals surface area contributed by atoms with Crippen molar-refractivity contribution in [3.63, 3.8) is 0 Å². The van der Waals surface area contributed by atoms with E-state index in [-0.39, 0.29) is 18.0 Å². The van der Waals surface area contributed by atoms with Crippen molar-refractivity contribution >= 4 is 5.69 Å². The maximum absolute atomic E-state index is 13.3. The number of hydrogen-bond acceptors (Lipinski definition) is 2. The smallest absolute Gasteiger partial charge is 0.196 e.